The minimum Gasteiger partial charge on any atom is -0.489 e. The van der Waals surface area contributed by atoms with E-state index < -0.39 is 10.5 Å². The molecule has 0 unspecified atom stereocenters. The Morgan fingerprint density at radius 3 is 2.77 bits per heavy atom. The third kappa shape index (κ3) is 4.17. The summed E-state index contributed by atoms with van der Waals surface area (Å²) in [6.45, 7) is 0. The number of methoxy groups -OCH3 is 1. The molecule has 0 atom stereocenters. The van der Waals surface area contributed by atoms with E-state index in [0.29, 0.717) is 27.8 Å². The Hall–Kier alpha value is -4.02. The first-order valence-corrected chi connectivity index (χ1v) is 11.3. The van der Waals surface area contributed by atoms with Crippen LogP contribution in [0.3, 0.4) is 0 Å². The van der Waals surface area contributed by atoms with Gasteiger partial charge in [0.1, 0.15) is 5.58 Å². The summed E-state index contributed by atoms with van der Waals surface area (Å²) in [6, 6.07) is 16.9. The van der Waals surface area contributed by atoms with Gasteiger partial charge >= 0.3 is 5.69 Å². The number of fused-ring (bicyclic) bond motifs is 2. The molecule has 0 bridgehead atoms. The van der Waals surface area contributed by atoms with E-state index in [0.717, 1.165) is 14.5 Å². The van der Waals surface area contributed by atoms with Crippen molar-refractivity contribution in [3.8, 4) is 17.3 Å². The minimum absolute atomic E-state index is 0.0372. The summed E-state index contributed by atoms with van der Waals surface area (Å²) in [4.78, 5) is 28.8. The van der Waals surface area contributed by atoms with Crippen LogP contribution in [0.5, 0.6) is 5.75 Å². The molecule has 0 N–H and O–H groups in total. The number of ether oxygens (including phenoxy) is 1. The molecule has 5 aromatic rings. The third-order valence-electron chi connectivity index (χ3n) is 5.22. The van der Waals surface area contributed by atoms with Crippen LogP contribution in [-0.2, 0) is 0 Å². The van der Waals surface area contributed by atoms with E-state index in [4.69, 9.17) is 20.8 Å². The van der Waals surface area contributed by atoms with Gasteiger partial charge in [-0.1, -0.05) is 39.7 Å². The Balaban J connectivity index is 1.71. The summed E-state index contributed by atoms with van der Waals surface area (Å²) in [5, 5.41) is 17.0. The average Bonchev–Trinajstić information content (AvgIpc) is 3.26. The fourth-order valence-electron chi connectivity index (χ4n) is 3.65. The second kappa shape index (κ2) is 8.97. The van der Waals surface area contributed by atoms with Crippen molar-refractivity contribution < 1.29 is 14.1 Å². The van der Waals surface area contributed by atoms with Gasteiger partial charge in [-0.25, -0.2) is 4.98 Å². The normalized spacial score (nSPS) is 11.5. The number of benzene rings is 3. The van der Waals surface area contributed by atoms with Crippen molar-refractivity contribution in [2.75, 3.05) is 7.11 Å². The van der Waals surface area contributed by atoms with Gasteiger partial charge in [-0.3, -0.25) is 14.9 Å². The molecule has 0 saturated carbocycles. The Kier molecular flexibility index (Phi) is 5.83. The Bertz CT molecular complexity index is 1730. The molecule has 174 valence electrons. The first-order chi connectivity index (χ1) is 16.9. The molecule has 0 radical (unpaired) electrons. The number of hydrogen-bond acceptors (Lipinski definition) is 7. The lowest BCUT2D eigenvalue weighted by atomic mass is 10.2. The van der Waals surface area contributed by atoms with Gasteiger partial charge in [0, 0.05) is 21.5 Å². The monoisotopic (exact) mass is 552 g/mol. The molecule has 9 nitrogen and oxygen atoms in total. The van der Waals surface area contributed by atoms with Gasteiger partial charge in [0.15, 0.2) is 5.76 Å². The summed E-state index contributed by atoms with van der Waals surface area (Å²) in [7, 11) is 1.29. The molecule has 0 aliphatic rings. The lowest BCUT2D eigenvalue weighted by Gasteiger charge is -2.08. The summed E-state index contributed by atoms with van der Waals surface area (Å²) in [5.74, 6) is 0.440. The van der Waals surface area contributed by atoms with Crippen LogP contribution in [0.1, 0.15) is 5.56 Å². The van der Waals surface area contributed by atoms with E-state index in [9.17, 15) is 14.9 Å². The van der Waals surface area contributed by atoms with Crippen LogP contribution in [0.2, 0.25) is 5.02 Å². The first-order valence-electron chi connectivity index (χ1n) is 10.1. The minimum atomic E-state index is -0.607. The standard InChI is InChI=1S/C24H14BrClN4O5/c1-34-22-17(26)8-13(9-19(22)30(32)33)12-27-29-23(28-18-5-3-2-4-16(18)24(29)31)21-11-14-10-15(25)6-7-20(14)35-21/h2-12H,1H3. The van der Waals surface area contributed by atoms with Crippen molar-refractivity contribution in [1.82, 2.24) is 9.66 Å². The number of rotatable bonds is 5. The topological polar surface area (TPSA) is 113 Å². The lowest BCUT2D eigenvalue weighted by molar-refractivity contribution is -0.385. The zero-order chi connectivity index (χ0) is 24.7. The molecule has 11 heteroatoms. The average molecular weight is 554 g/mol. The summed E-state index contributed by atoms with van der Waals surface area (Å²) in [5.41, 5.74) is 0.621. The number of hydrogen-bond donors (Lipinski definition) is 0. The predicted molar refractivity (Wildman–Crippen MR) is 137 cm³/mol. The van der Waals surface area contributed by atoms with Gasteiger partial charge in [0.05, 0.1) is 34.2 Å². The van der Waals surface area contributed by atoms with Crippen molar-refractivity contribution in [2.45, 2.75) is 0 Å². The molecule has 3 aromatic carbocycles. The van der Waals surface area contributed by atoms with Crippen molar-refractivity contribution in [3.05, 3.63) is 96.2 Å². The number of nitrogens with zero attached hydrogens (tertiary/aromatic N) is 4. The smallest absolute Gasteiger partial charge is 0.313 e. The van der Waals surface area contributed by atoms with Crippen molar-refractivity contribution in [2.24, 2.45) is 5.10 Å². The Morgan fingerprint density at radius 1 is 1.20 bits per heavy atom. The maximum absolute atomic E-state index is 13.4. The summed E-state index contributed by atoms with van der Waals surface area (Å²) >= 11 is 9.60. The molecule has 5 rings (SSSR count). The molecule has 2 heterocycles. The van der Waals surface area contributed by atoms with Crippen LogP contribution in [0, 0.1) is 10.1 Å². The Labute approximate surface area is 210 Å². The van der Waals surface area contributed by atoms with Crippen LogP contribution in [0.4, 0.5) is 5.69 Å². The van der Waals surface area contributed by atoms with Crippen LogP contribution < -0.4 is 10.3 Å². The highest BCUT2D eigenvalue weighted by atomic mass is 79.9. The van der Waals surface area contributed by atoms with E-state index in [-0.39, 0.29) is 22.3 Å². The molecule has 0 aliphatic carbocycles. The fraction of sp³-hybridized carbons (Fsp3) is 0.0417. The molecular formula is C24H14BrClN4O5. The molecular weight excluding hydrogens is 540 g/mol. The van der Waals surface area contributed by atoms with Crippen molar-refractivity contribution in [1.29, 1.82) is 0 Å². The molecule has 0 spiro atoms. The molecule has 0 fully saturated rings. The number of furan rings is 1. The third-order valence-corrected chi connectivity index (χ3v) is 6.00. The highest BCUT2D eigenvalue weighted by Crippen LogP contribution is 2.35. The highest BCUT2D eigenvalue weighted by molar-refractivity contribution is 9.10. The summed E-state index contributed by atoms with van der Waals surface area (Å²) in [6.07, 6.45) is 1.29. The van der Waals surface area contributed by atoms with Crippen LogP contribution in [0.15, 0.2) is 79.4 Å². The van der Waals surface area contributed by atoms with Gasteiger partial charge in [0.25, 0.3) is 5.56 Å². The van der Waals surface area contributed by atoms with Gasteiger partial charge < -0.3 is 9.15 Å². The number of halogens is 2. The van der Waals surface area contributed by atoms with Crippen molar-refractivity contribution in [3.63, 3.8) is 0 Å². The molecule has 0 aliphatic heterocycles. The van der Waals surface area contributed by atoms with E-state index in [1.165, 1.54) is 25.5 Å². The number of nitro benzene ring substituents is 1. The van der Waals surface area contributed by atoms with E-state index >= 15 is 0 Å². The summed E-state index contributed by atoms with van der Waals surface area (Å²) < 4.78 is 13.0. The van der Waals surface area contributed by atoms with Crippen molar-refractivity contribution >= 4 is 61.3 Å². The lowest BCUT2D eigenvalue weighted by Crippen LogP contribution is -2.20. The fourth-order valence-corrected chi connectivity index (χ4v) is 4.33. The zero-order valence-corrected chi connectivity index (χ0v) is 20.3. The van der Waals surface area contributed by atoms with Crippen LogP contribution in [-0.4, -0.2) is 27.9 Å². The quantitative estimate of drug-likeness (QED) is 0.149. The second-order valence-corrected chi connectivity index (χ2v) is 8.74. The van der Waals surface area contributed by atoms with E-state index in [2.05, 4.69) is 26.0 Å². The van der Waals surface area contributed by atoms with Gasteiger partial charge in [-0.2, -0.15) is 9.78 Å². The Morgan fingerprint density at radius 2 is 2.00 bits per heavy atom. The first kappa shape index (κ1) is 22.8. The predicted octanol–water partition coefficient (Wildman–Crippen LogP) is 6.02. The van der Waals surface area contributed by atoms with Crippen LogP contribution in [0.25, 0.3) is 33.5 Å². The molecule has 35 heavy (non-hydrogen) atoms. The highest BCUT2D eigenvalue weighted by Gasteiger charge is 2.20. The maximum Gasteiger partial charge on any atom is 0.313 e. The second-order valence-electron chi connectivity index (χ2n) is 7.42. The molecule has 0 saturated heterocycles. The maximum atomic E-state index is 13.4. The number of para-hydroxylation sites is 1. The number of aromatic nitrogens is 2. The van der Waals surface area contributed by atoms with Crippen LogP contribution >= 0.6 is 27.5 Å². The largest absolute Gasteiger partial charge is 0.489 e. The zero-order valence-electron chi connectivity index (χ0n) is 17.9. The number of nitro groups is 1. The molecule has 2 aromatic heterocycles. The van der Waals surface area contributed by atoms with Gasteiger partial charge in [0.2, 0.25) is 11.6 Å². The van der Waals surface area contributed by atoms with Gasteiger partial charge in [-0.05, 0) is 42.5 Å². The SMILES string of the molecule is COc1c(Cl)cc(C=Nn2c(-c3cc4cc(Br)ccc4o3)nc3ccccc3c2=O)cc1[N+](=O)[O-]. The molecule has 0 amide bonds. The van der Waals surface area contributed by atoms with Gasteiger partial charge in [-0.15, -0.1) is 0 Å². The van der Waals surface area contributed by atoms with E-state index in [1.54, 1.807) is 36.4 Å². The van der Waals surface area contributed by atoms with E-state index in [1.807, 2.05) is 12.1 Å².